The highest BCUT2D eigenvalue weighted by atomic mass is 19.1. The summed E-state index contributed by atoms with van der Waals surface area (Å²) < 4.78 is 13.1. The fraction of sp³-hybridized carbons (Fsp3) is 0.259. The molecule has 0 spiro atoms. The van der Waals surface area contributed by atoms with Gasteiger partial charge in [-0.15, -0.1) is 0 Å². The number of nitrogens with zero attached hydrogens (tertiary/aromatic N) is 4. The first kappa shape index (κ1) is 25.8. The number of rotatable bonds is 9. The Morgan fingerprint density at radius 3 is 2.43 bits per heavy atom. The maximum atomic E-state index is 13.1. The van der Waals surface area contributed by atoms with Crippen LogP contribution >= 0.6 is 0 Å². The van der Waals surface area contributed by atoms with Crippen LogP contribution in [0.5, 0.6) is 0 Å². The number of piperidine rings is 1. The molecule has 0 saturated carbocycles. The highest BCUT2D eigenvalue weighted by molar-refractivity contribution is 5.95. The molecule has 4 rings (SSSR count). The van der Waals surface area contributed by atoms with Crippen molar-refractivity contribution in [3.63, 3.8) is 0 Å². The lowest BCUT2D eigenvalue weighted by Crippen LogP contribution is -2.46. The number of halogens is 1. The number of aromatic nitrogens is 2. The summed E-state index contributed by atoms with van der Waals surface area (Å²) in [6.45, 7) is 1.89. The Kier molecular flexibility index (Phi) is 8.42. The minimum absolute atomic E-state index is 0.00760. The Morgan fingerprint density at radius 1 is 1.11 bits per heavy atom. The number of likely N-dealkylation sites (tertiary alicyclic amines) is 1. The third-order valence-corrected chi connectivity index (χ3v) is 6.25. The Balaban J connectivity index is 1.30. The van der Waals surface area contributed by atoms with Crippen molar-refractivity contribution in [3.05, 3.63) is 84.5 Å². The first-order valence-electron chi connectivity index (χ1n) is 12.1. The van der Waals surface area contributed by atoms with Crippen LogP contribution in [0.2, 0.25) is 0 Å². The molecule has 0 atom stereocenters. The molecule has 1 amide bonds. The van der Waals surface area contributed by atoms with Crippen molar-refractivity contribution in [2.75, 3.05) is 37.3 Å². The van der Waals surface area contributed by atoms with Crippen molar-refractivity contribution < 1.29 is 9.18 Å². The number of carbonyl (C=O) groups excluding carboxylic acids is 1. The monoisotopic (exact) mass is 502 g/mol. The first-order valence-corrected chi connectivity index (χ1v) is 12.1. The SMILES string of the molecule is CN(CC(=N)/C=C\N)C1CCN(C(=O)c2ccc(Nc3nccc(Nc4ccc(F)cc4)n3)cc2)CC1. The van der Waals surface area contributed by atoms with Crippen LogP contribution in [0.4, 0.5) is 27.5 Å². The molecule has 10 heteroatoms. The van der Waals surface area contributed by atoms with Gasteiger partial charge in [0.25, 0.3) is 5.91 Å². The van der Waals surface area contributed by atoms with Gasteiger partial charge in [-0.1, -0.05) is 0 Å². The minimum Gasteiger partial charge on any atom is -0.405 e. The summed E-state index contributed by atoms with van der Waals surface area (Å²) in [6.07, 6.45) is 6.33. The second-order valence-electron chi connectivity index (χ2n) is 8.92. The second kappa shape index (κ2) is 12.1. The van der Waals surface area contributed by atoms with Gasteiger partial charge in [0.15, 0.2) is 0 Å². The number of nitrogens with two attached hydrogens (primary N) is 1. The van der Waals surface area contributed by atoms with Gasteiger partial charge in [-0.2, -0.15) is 4.98 Å². The number of benzene rings is 2. The Hall–Kier alpha value is -4.31. The predicted molar refractivity (Wildman–Crippen MR) is 144 cm³/mol. The summed E-state index contributed by atoms with van der Waals surface area (Å²) in [7, 11) is 2.00. The molecule has 0 radical (unpaired) electrons. The van der Waals surface area contributed by atoms with Crippen molar-refractivity contribution in [2.24, 2.45) is 5.73 Å². The zero-order valence-corrected chi connectivity index (χ0v) is 20.7. The van der Waals surface area contributed by atoms with Crippen molar-refractivity contribution in [1.82, 2.24) is 19.8 Å². The van der Waals surface area contributed by atoms with Gasteiger partial charge in [-0.25, -0.2) is 9.37 Å². The smallest absolute Gasteiger partial charge is 0.253 e. The van der Waals surface area contributed by atoms with Crippen LogP contribution in [-0.4, -0.2) is 64.1 Å². The lowest BCUT2D eigenvalue weighted by atomic mass is 10.0. The molecule has 3 aromatic rings. The summed E-state index contributed by atoms with van der Waals surface area (Å²) in [5, 5.41) is 14.2. The van der Waals surface area contributed by atoms with Crippen molar-refractivity contribution in [2.45, 2.75) is 18.9 Å². The van der Waals surface area contributed by atoms with E-state index in [0.29, 0.717) is 54.4 Å². The number of hydrogen-bond donors (Lipinski definition) is 4. The van der Waals surface area contributed by atoms with E-state index in [1.807, 2.05) is 24.1 Å². The third-order valence-electron chi connectivity index (χ3n) is 6.25. The van der Waals surface area contributed by atoms with Crippen molar-refractivity contribution in [1.29, 1.82) is 5.41 Å². The molecule has 0 bridgehead atoms. The van der Waals surface area contributed by atoms with E-state index in [2.05, 4.69) is 25.5 Å². The van der Waals surface area contributed by atoms with Crippen molar-refractivity contribution >= 4 is 34.8 Å². The molecule has 2 aromatic carbocycles. The number of anilines is 4. The largest absolute Gasteiger partial charge is 0.405 e. The van der Waals surface area contributed by atoms with E-state index < -0.39 is 0 Å². The van der Waals surface area contributed by atoms with Gasteiger partial charge in [-0.05, 0) is 86.8 Å². The summed E-state index contributed by atoms with van der Waals surface area (Å²) in [5.74, 6) is 0.668. The predicted octanol–water partition coefficient (Wildman–Crippen LogP) is 4.13. The highest BCUT2D eigenvalue weighted by Gasteiger charge is 2.26. The first-order chi connectivity index (χ1) is 17.9. The molecular weight excluding hydrogens is 471 g/mol. The topological polar surface area (TPSA) is 123 Å². The highest BCUT2D eigenvalue weighted by Crippen LogP contribution is 2.21. The molecule has 0 aliphatic carbocycles. The van der Waals surface area contributed by atoms with Crippen LogP contribution < -0.4 is 16.4 Å². The summed E-state index contributed by atoms with van der Waals surface area (Å²) >= 11 is 0. The zero-order valence-electron chi connectivity index (χ0n) is 20.7. The number of amides is 1. The van der Waals surface area contributed by atoms with Crippen LogP contribution in [0.15, 0.2) is 73.1 Å². The van der Waals surface area contributed by atoms with Crippen molar-refractivity contribution in [3.8, 4) is 0 Å². The van der Waals surface area contributed by atoms with Gasteiger partial charge < -0.3 is 26.7 Å². The molecule has 9 nitrogen and oxygen atoms in total. The molecule has 0 unspecified atom stereocenters. The molecule has 1 aliphatic rings. The van der Waals surface area contributed by atoms with Crippen LogP contribution in [0.1, 0.15) is 23.2 Å². The number of carbonyl (C=O) groups is 1. The minimum atomic E-state index is -0.302. The van der Waals surface area contributed by atoms with E-state index >= 15 is 0 Å². The quantitative estimate of drug-likeness (QED) is 0.324. The zero-order chi connectivity index (χ0) is 26.2. The molecule has 1 saturated heterocycles. The van der Waals surface area contributed by atoms with Gasteiger partial charge in [0, 0.05) is 54.5 Å². The standard InChI is InChI=1S/C27H31FN8O/c1-35(18-21(30)10-14-29)24-12-16-36(17-13-24)26(37)19-2-6-23(7-3-19)33-27-31-15-11-25(34-27)32-22-8-4-20(28)5-9-22/h2-11,14-15,24,30H,12-13,16-18,29H2,1H3,(H2,31,32,33,34)/b14-10-,30-21?. The molecule has 1 aromatic heterocycles. The molecule has 37 heavy (non-hydrogen) atoms. The Bertz CT molecular complexity index is 1240. The Labute approximate surface area is 215 Å². The van der Waals surface area contributed by atoms with Gasteiger partial charge >= 0.3 is 0 Å². The third kappa shape index (κ3) is 7.11. The molecule has 1 aliphatic heterocycles. The number of nitrogens with one attached hydrogen (secondary N) is 3. The van der Waals surface area contributed by atoms with Crippen LogP contribution in [0.3, 0.4) is 0 Å². The fourth-order valence-electron chi connectivity index (χ4n) is 4.25. The number of hydrogen-bond acceptors (Lipinski definition) is 8. The molecule has 5 N–H and O–H groups in total. The lowest BCUT2D eigenvalue weighted by Gasteiger charge is -2.36. The maximum absolute atomic E-state index is 13.1. The van der Waals surface area contributed by atoms with E-state index in [4.69, 9.17) is 11.1 Å². The summed E-state index contributed by atoms with van der Waals surface area (Å²) in [5.41, 5.74) is 7.93. The Morgan fingerprint density at radius 2 is 1.76 bits per heavy atom. The molecular formula is C27H31FN8O. The lowest BCUT2D eigenvalue weighted by molar-refractivity contribution is 0.0657. The van der Waals surface area contributed by atoms with E-state index in [1.54, 1.807) is 42.6 Å². The van der Waals surface area contributed by atoms with Crippen LogP contribution in [0, 0.1) is 11.2 Å². The van der Waals surface area contributed by atoms with E-state index in [-0.39, 0.29) is 11.7 Å². The summed E-state index contributed by atoms with van der Waals surface area (Å²) in [6, 6.07) is 15.3. The van der Waals surface area contributed by atoms with E-state index in [9.17, 15) is 9.18 Å². The molecule has 2 heterocycles. The van der Waals surface area contributed by atoms with Crippen LogP contribution in [0.25, 0.3) is 0 Å². The van der Waals surface area contributed by atoms with E-state index in [0.717, 1.165) is 18.5 Å². The van der Waals surface area contributed by atoms with Gasteiger partial charge in [0.05, 0.1) is 0 Å². The fourth-order valence-corrected chi connectivity index (χ4v) is 4.25. The van der Waals surface area contributed by atoms with E-state index in [1.165, 1.54) is 18.3 Å². The van der Waals surface area contributed by atoms with Gasteiger partial charge in [-0.3, -0.25) is 9.69 Å². The van der Waals surface area contributed by atoms with Gasteiger partial charge in [0.1, 0.15) is 11.6 Å². The molecule has 192 valence electrons. The van der Waals surface area contributed by atoms with Crippen LogP contribution in [-0.2, 0) is 0 Å². The average Bonchev–Trinajstić information content (AvgIpc) is 2.90. The molecule has 1 fully saturated rings. The van der Waals surface area contributed by atoms with Gasteiger partial charge in [0.2, 0.25) is 5.95 Å². The maximum Gasteiger partial charge on any atom is 0.253 e. The summed E-state index contributed by atoms with van der Waals surface area (Å²) in [4.78, 5) is 25.7. The average molecular weight is 503 g/mol. The second-order valence-corrected chi connectivity index (χ2v) is 8.92. The normalized spacial score (nSPS) is 14.2.